The van der Waals surface area contributed by atoms with Gasteiger partial charge in [-0.2, -0.15) is 18.3 Å². The molecule has 0 radical (unpaired) electrons. The largest absolute Gasteiger partial charge is 0.437 e. The molecule has 0 saturated heterocycles. The molecule has 1 aromatic carbocycles. The Kier molecular flexibility index (Phi) is 4.09. The van der Waals surface area contributed by atoms with Crippen LogP contribution in [0.15, 0.2) is 55.0 Å². The predicted molar refractivity (Wildman–Crippen MR) is 79.5 cm³/mol. The average molecular weight is 350 g/mol. The van der Waals surface area contributed by atoms with Gasteiger partial charge in [-0.3, -0.25) is 10.1 Å². The van der Waals surface area contributed by atoms with Crippen LogP contribution < -0.4 is 4.74 Å². The van der Waals surface area contributed by atoms with Crippen LogP contribution in [0.4, 0.5) is 18.9 Å². The normalized spacial score (nSPS) is 11.3. The molecule has 0 amide bonds. The van der Waals surface area contributed by atoms with E-state index in [9.17, 15) is 23.3 Å². The van der Waals surface area contributed by atoms with Gasteiger partial charge in [0, 0.05) is 18.3 Å². The second-order valence-electron chi connectivity index (χ2n) is 4.85. The summed E-state index contributed by atoms with van der Waals surface area (Å²) in [6.45, 7) is 0. The third-order valence-corrected chi connectivity index (χ3v) is 3.17. The predicted octanol–water partition coefficient (Wildman–Crippen LogP) is 3.99. The summed E-state index contributed by atoms with van der Waals surface area (Å²) in [5, 5.41) is 14.3. The molecule has 128 valence electrons. The first-order valence-corrected chi connectivity index (χ1v) is 6.84. The Labute approximate surface area is 138 Å². The molecule has 0 saturated carbocycles. The number of halogens is 3. The van der Waals surface area contributed by atoms with Crippen LogP contribution in [0.3, 0.4) is 0 Å². The highest BCUT2D eigenvalue weighted by Crippen LogP contribution is 2.31. The smallest absolute Gasteiger partial charge is 0.419 e. The van der Waals surface area contributed by atoms with Gasteiger partial charge in [-0.15, -0.1) is 0 Å². The number of benzene rings is 1. The lowest BCUT2D eigenvalue weighted by Crippen LogP contribution is -2.03. The SMILES string of the molecule is O=[N+]([O-])c1ccc(Oc2ccccc2-n2cc(C(F)(F)F)cn2)nc1. The van der Waals surface area contributed by atoms with E-state index in [1.807, 2.05) is 0 Å². The van der Waals surface area contributed by atoms with Crippen molar-refractivity contribution in [3.8, 4) is 17.3 Å². The minimum absolute atomic E-state index is 0.0567. The fraction of sp³-hybridized carbons (Fsp3) is 0.0667. The van der Waals surface area contributed by atoms with Crippen molar-refractivity contribution in [2.75, 3.05) is 0 Å². The van der Waals surface area contributed by atoms with Crippen LogP contribution >= 0.6 is 0 Å². The van der Waals surface area contributed by atoms with Gasteiger partial charge in [-0.25, -0.2) is 9.67 Å². The number of ether oxygens (including phenoxy) is 1. The Morgan fingerprint density at radius 1 is 1.12 bits per heavy atom. The number of alkyl halides is 3. The van der Waals surface area contributed by atoms with Crippen molar-refractivity contribution >= 4 is 5.69 Å². The summed E-state index contributed by atoms with van der Waals surface area (Å²) in [6.07, 6.45) is -1.94. The second kappa shape index (κ2) is 6.23. The van der Waals surface area contributed by atoms with Crippen LogP contribution in [-0.4, -0.2) is 19.7 Å². The summed E-state index contributed by atoms with van der Waals surface area (Å²) in [6, 6.07) is 8.78. The molecule has 0 aliphatic carbocycles. The van der Waals surface area contributed by atoms with E-state index < -0.39 is 16.7 Å². The van der Waals surface area contributed by atoms with Gasteiger partial charge in [0.1, 0.15) is 11.9 Å². The number of hydrogen-bond acceptors (Lipinski definition) is 5. The van der Waals surface area contributed by atoms with Crippen molar-refractivity contribution in [3.63, 3.8) is 0 Å². The maximum atomic E-state index is 12.7. The molecular weight excluding hydrogens is 341 g/mol. The summed E-state index contributed by atoms with van der Waals surface area (Å²) in [5.74, 6) is 0.252. The summed E-state index contributed by atoms with van der Waals surface area (Å²) < 4.78 is 44.7. The van der Waals surface area contributed by atoms with Gasteiger partial charge in [0.05, 0.1) is 16.7 Å². The average Bonchev–Trinajstić information content (AvgIpc) is 3.06. The first-order valence-electron chi connectivity index (χ1n) is 6.84. The number of hydrogen-bond donors (Lipinski definition) is 0. The molecule has 3 aromatic rings. The Hall–Kier alpha value is -3.43. The lowest BCUT2D eigenvalue weighted by atomic mass is 10.3. The van der Waals surface area contributed by atoms with Crippen LogP contribution in [0, 0.1) is 10.1 Å². The van der Waals surface area contributed by atoms with Crippen LogP contribution in [0.2, 0.25) is 0 Å². The number of nitro groups is 1. The molecule has 0 aliphatic rings. The zero-order valence-electron chi connectivity index (χ0n) is 12.3. The summed E-state index contributed by atoms with van der Waals surface area (Å²) >= 11 is 0. The van der Waals surface area contributed by atoms with Gasteiger partial charge in [-0.05, 0) is 12.1 Å². The molecule has 3 rings (SSSR count). The number of aromatic nitrogens is 3. The highest BCUT2D eigenvalue weighted by Gasteiger charge is 2.32. The Balaban J connectivity index is 1.91. The van der Waals surface area contributed by atoms with Crippen molar-refractivity contribution in [1.82, 2.24) is 14.8 Å². The van der Waals surface area contributed by atoms with Crippen molar-refractivity contribution < 1.29 is 22.8 Å². The third-order valence-electron chi connectivity index (χ3n) is 3.17. The van der Waals surface area contributed by atoms with Gasteiger partial charge in [0.2, 0.25) is 5.88 Å². The molecular formula is C15H9F3N4O3. The molecule has 2 heterocycles. The number of rotatable bonds is 4. The van der Waals surface area contributed by atoms with Gasteiger partial charge >= 0.3 is 6.18 Å². The van der Waals surface area contributed by atoms with E-state index in [4.69, 9.17) is 4.74 Å². The van der Waals surface area contributed by atoms with Gasteiger partial charge < -0.3 is 4.74 Å². The molecule has 25 heavy (non-hydrogen) atoms. The minimum atomic E-state index is -4.51. The van der Waals surface area contributed by atoms with Crippen LogP contribution in [0.5, 0.6) is 11.6 Å². The molecule has 0 bridgehead atoms. The van der Waals surface area contributed by atoms with Crippen molar-refractivity contribution in [2.24, 2.45) is 0 Å². The van der Waals surface area contributed by atoms with E-state index in [1.54, 1.807) is 12.1 Å². The molecule has 0 atom stereocenters. The van der Waals surface area contributed by atoms with E-state index >= 15 is 0 Å². The Morgan fingerprint density at radius 2 is 1.88 bits per heavy atom. The Morgan fingerprint density at radius 3 is 2.48 bits per heavy atom. The molecule has 0 unspecified atom stereocenters. The standard InChI is InChI=1S/C15H9F3N4O3/c16-15(17,18)10-7-20-21(9-10)12-3-1-2-4-13(12)25-14-6-5-11(8-19-14)22(23)24/h1-9H. The van der Waals surface area contributed by atoms with Gasteiger partial charge in [0.25, 0.3) is 5.69 Å². The summed E-state index contributed by atoms with van der Waals surface area (Å²) in [4.78, 5) is 13.8. The zero-order chi connectivity index (χ0) is 18.0. The monoisotopic (exact) mass is 350 g/mol. The first-order chi connectivity index (χ1) is 11.8. The summed E-state index contributed by atoms with van der Waals surface area (Å²) in [7, 11) is 0. The quantitative estimate of drug-likeness (QED) is 0.525. The maximum Gasteiger partial charge on any atom is 0.419 e. The minimum Gasteiger partial charge on any atom is -0.437 e. The highest BCUT2D eigenvalue weighted by atomic mass is 19.4. The molecule has 0 N–H and O–H groups in total. The fourth-order valence-corrected chi connectivity index (χ4v) is 1.99. The van der Waals surface area contributed by atoms with Gasteiger partial charge in [-0.1, -0.05) is 12.1 Å². The lowest BCUT2D eigenvalue weighted by Gasteiger charge is -2.10. The zero-order valence-corrected chi connectivity index (χ0v) is 12.3. The number of para-hydroxylation sites is 2. The number of nitrogens with zero attached hydrogens (tertiary/aromatic N) is 4. The molecule has 0 spiro atoms. The second-order valence-corrected chi connectivity index (χ2v) is 4.85. The molecule has 10 heteroatoms. The van der Waals surface area contributed by atoms with Crippen LogP contribution in [0.25, 0.3) is 5.69 Å². The summed E-state index contributed by atoms with van der Waals surface area (Å²) in [5.41, 5.74) is -0.837. The van der Waals surface area contributed by atoms with Gasteiger partial charge in [0.15, 0.2) is 5.75 Å². The van der Waals surface area contributed by atoms with E-state index in [2.05, 4.69) is 10.1 Å². The molecule has 7 nitrogen and oxygen atoms in total. The molecule has 0 fully saturated rings. The maximum absolute atomic E-state index is 12.7. The third kappa shape index (κ3) is 3.57. The topological polar surface area (TPSA) is 83.1 Å². The lowest BCUT2D eigenvalue weighted by molar-refractivity contribution is -0.385. The van der Waals surface area contributed by atoms with E-state index in [-0.39, 0.29) is 23.0 Å². The van der Waals surface area contributed by atoms with E-state index in [1.165, 1.54) is 24.3 Å². The number of pyridine rings is 1. The van der Waals surface area contributed by atoms with Crippen LogP contribution in [0.1, 0.15) is 5.56 Å². The fourth-order valence-electron chi connectivity index (χ4n) is 1.99. The van der Waals surface area contributed by atoms with E-state index in [0.717, 1.165) is 17.1 Å². The van der Waals surface area contributed by atoms with Crippen molar-refractivity contribution in [2.45, 2.75) is 6.18 Å². The molecule has 2 aromatic heterocycles. The van der Waals surface area contributed by atoms with Crippen molar-refractivity contribution in [1.29, 1.82) is 0 Å². The van der Waals surface area contributed by atoms with E-state index in [0.29, 0.717) is 6.20 Å². The van der Waals surface area contributed by atoms with Crippen molar-refractivity contribution in [3.05, 3.63) is 70.7 Å². The van der Waals surface area contributed by atoms with Crippen LogP contribution in [-0.2, 0) is 6.18 Å². The Bertz CT molecular complexity index is 907. The highest BCUT2D eigenvalue weighted by molar-refractivity contribution is 5.48. The first kappa shape index (κ1) is 16.4. The molecule has 0 aliphatic heterocycles.